The van der Waals surface area contributed by atoms with Crippen molar-refractivity contribution < 1.29 is 4.79 Å². The highest BCUT2D eigenvalue weighted by atomic mass is 16.1. The van der Waals surface area contributed by atoms with Crippen molar-refractivity contribution in [2.75, 3.05) is 37.6 Å². The zero-order chi connectivity index (χ0) is 23.1. The first-order valence-electron chi connectivity index (χ1n) is 12.3. The lowest BCUT2D eigenvalue weighted by molar-refractivity contribution is -0.117. The second-order valence-electron chi connectivity index (χ2n) is 9.17. The largest absolute Gasteiger partial charge is 0.369 e. The molecule has 1 aromatic carbocycles. The fourth-order valence-corrected chi connectivity index (χ4v) is 4.09. The molecular formula is C27H45N3O. The van der Waals surface area contributed by atoms with Crippen LogP contribution in [0.5, 0.6) is 0 Å². The van der Waals surface area contributed by atoms with Gasteiger partial charge in [0.05, 0.1) is 6.07 Å². The number of Topliss-reactive ketones (excluding diaryl/α,β-unsaturated/α-hetero) is 1. The molecule has 1 aromatic rings. The average Bonchev–Trinajstić information content (AvgIpc) is 2.77. The molecule has 1 saturated carbocycles. The molecule has 2 fully saturated rings. The summed E-state index contributed by atoms with van der Waals surface area (Å²) < 4.78 is 0. The van der Waals surface area contributed by atoms with E-state index in [1.807, 2.05) is 6.07 Å². The van der Waals surface area contributed by atoms with Gasteiger partial charge >= 0.3 is 0 Å². The fraction of sp³-hybridized carbons (Fsp3) is 0.704. The van der Waals surface area contributed by atoms with Crippen molar-refractivity contribution in [2.24, 2.45) is 5.92 Å². The third-order valence-electron chi connectivity index (χ3n) is 6.24. The van der Waals surface area contributed by atoms with Gasteiger partial charge in [0.1, 0.15) is 5.78 Å². The molecule has 0 atom stereocenters. The molecule has 0 aromatic heterocycles. The second kappa shape index (κ2) is 15.9. The van der Waals surface area contributed by atoms with Gasteiger partial charge in [0, 0.05) is 44.7 Å². The van der Waals surface area contributed by atoms with E-state index in [-0.39, 0.29) is 5.78 Å². The summed E-state index contributed by atoms with van der Waals surface area (Å²) in [7, 11) is 0. The number of aryl methyl sites for hydroxylation is 2. The Hall–Kier alpha value is -1.86. The van der Waals surface area contributed by atoms with Gasteiger partial charge in [0.2, 0.25) is 0 Å². The van der Waals surface area contributed by atoms with Crippen LogP contribution in [0, 0.1) is 31.1 Å². The van der Waals surface area contributed by atoms with Crippen molar-refractivity contribution in [2.45, 2.75) is 86.0 Å². The van der Waals surface area contributed by atoms with E-state index in [0.29, 0.717) is 19.3 Å². The first kappa shape index (κ1) is 27.2. The summed E-state index contributed by atoms with van der Waals surface area (Å²) >= 11 is 0. The minimum atomic E-state index is 0.167. The number of benzene rings is 1. The summed E-state index contributed by atoms with van der Waals surface area (Å²) in [5.41, 5.74) is 4.19. The number of likely N-dealkylation sites (N-methyl/N-ethyl adjacent to an activating group) is 1. The van der Waals surface area contributed by atoms with Crippen LogP contribution in [0.2, 0.25) is 0 Å². The Bertz CT molecular complexity index is 666. The highest BCUT2D eigenvalue weighted by molar-refractivity contribution is 5.75. The predicted molar refractivity (Wildman–Crippen MR) is 133 cm³/mol. The molecular weight excluding hydrogens is 382 g/mol. The Morgan fingerprint density at radius 2 is 1.74 bits per heavy atom. The van der Waals surface area contributed by atoms with Gasteiger partial charge in [-0.1, -0.05) is 58.1 Å². The lowest BCUT2D eigenvalue weighted by Crippen LogP contribution is -2.46. The van der Waals surface area contributed by atoms with Crippen molar-refractivity contribution in [1.82, 2.24) is 4.90 Å². The Morgan fingerprint density at radius 1 is 1.10 bits per heavy atom. The number of carbonyl (C=O) groups is 1. The van der Waals surface area contributed by atoms with Crippen LogP contribution >= 0.6 is 0 Å². The summed E-state index contributed by atoms with van der Waals surface area (Å²) in [5, 5.41) is 8.02. The fourth-order valence-electron chi connectivity index (χ4n) is 4.09. The molecule has 0 unspecified atom stereocenters. The molecule has 1 saturated heterocycles. The van der Waals surface area contributed by atoms with E-state index in [4.69, 9.17) is 5.26 Å². The third-order valence-corrected chi connectivity index (χ3v) is 6.24. The van der Waals surface area contributed by atoms with E-state index in [1.54, 1.807) is 0 Å². The molecule has 2 aliphatic rings. The number of hydrogen-bond donors (Lipinski definition) is 0. The molecule has 1 aliphatic carbocycles. The van der Waals surface area contributed by atoms with Crippen LogP contribution in [0.25, 0.3) is 0 Å². The molecule has 0 spiro atoms. The van der Waals surface area contributed by atoms with Crippen LogP contribution in [0.15, 0.2) is 18.2 Å². The van der Waals surface area contributed by atoms with Crippen molar-refractivity contribution in [1.29, 1.82) is 5.26 Å². The second-order valence-corrected chi connectivity index (χ2v) is 9.17. The number of anilines is 1. The summed E-state index contributed by atoms with van der Waals surface area (Å²) in [6, 6.07) is 8.72. The minimum Gasteiger partial charge on any atom is -0.369 e. The molecule has 0 bridgehead atoms. The number of ketones is 1. The van der Waals surface area contributed by atoms with Gasteiger partial charge in [-0.05, 0) is 56.8 Å². The number of nitriles is 1. The molecule has 1 aliphatic heterocycles. The molecule has 174 valence electrons. The smallest absolute Gasteiger partial charge is 0.129 e. The average molecular weight is 428 g/mol. The Labute approximate surface area is 191 Å². The van der Waals surface area contributed by atoms with Crippen molar-refractivity contribution in [3.8, 4) is 6.07 Å². The lowest BCUT2D eigenvalue weighted by atomic mass is 9.91. The minimum absolute atomic E-state index is 0.167. The van der Waals surface area contributed by atoms with Crippen molar-refractivity contribution in [3.05, 3.63) is 29.3 Å². The number of rotatable bonds is 5. The Morgan fingerprint density at radius 3 is 2.23 bits per heavy atom. The highest BCUT2D eigenvalue weighted by Gasteiger charge is 2.16. The number of piperazine rings is 1. The number of carbonyl (C=O) groups excluding carboxylic acids is 1. The molecule has 3 rings (SSSR count). The third kappa shape index (κ3) is 11.9. The molecule has 0 amide bonds. The van der Waals surface area contributed by atoms with Crippen molar-refractivity contribution >= 4 is 11.5 Å². The summed E-state index contributed by atoms with van der Waals surface area (Å²) in [4.78, 5) is 15.2. The summed E-state index contributed by atoms with van der Waals surface area (Å²) in [5.74, 6) is 1.20. The summed E-state index contributed by atoms with van der Waals surface area (Å²) in [6.07, 6.45) is 9.20. The van der Waals surface area contributed by atoms with Gasteiger partial charge in [0.15, 0.2) is 0 Å². The van der Waals surface area contributed by atoms with E-state index in [9.17, 15) is 4.79 Å². The normalized spacial score (nSPS) is 17.0. The Balaban J connectivity index is 0.000000268. The standard InChI is InChI=1S/C14H22N2.C7H14.C6H9NO/c1-4-15-7-9-16(10-8-15)14-11-12(2)5-6-13(14)3;1-7-5-3-2-4-6-7;1-6(8)4-2-3-5-7/h5-6,11H,4,7-10H2,1-3H3;7H,2-6H2,1H3;2-4H2,1H3. The molecule has 1 heterocycles. The van der Waals surface area contributed by atoms with Gasteiger partial charge in [-0.15, -0.1) is 0 Å². The first-order chi connectivity index (χ1) is 14.9. The lowest BCUT2D eigenvalue weighted by Gasteiger charge is -2.36. The first-order valence-corrected chi connectivity index (χ1v) is 12.3. The van der Waals surface area contributed by atoms with Gasteiger partial charge in [-0.2, -0.15) is 5.26 Å². The van der Waals surface area contributed by atoms with Gasteiger partial charge in [-0.25, -0.2) is 0 Å². The van der Waals surface area contributed by atoms with Crippen LogP contribution < -0.4 is 4.90 Å². The SMILES string of the molecule is CC(=O)CCCC#N.CC1CCCCC1.CCN1CCN(c2cc(C)ccc2C)CC1. The van der Waals surface area contributed by atoms with Gasteiger partial charge in [-0.3, -0.25) is 0 Å². The maximum absolute atomic E-state index is 10.2. The Kier molecular flexibility index (Phi) is 13.9. The van der Waals surface area contributed by atoms with E-state index in [2.05, 4.69) is 55.7 Å². The molecule has 4 nitrogen and oxygen atoms in total. The monoisotopic (exact) mass is 427 g/mol. The zero-order valence-electron chi connectivity index (χ0n) is 20.8. The van der Waals surface area contributed by atoms with Gasteiger partial charge in [0.25, 0.3) is 0 Å². The molecule has 31 heavy (non-hydrogen) atoms. The molecule has 0 N–H and O–H groups in total. The highest BCUT2D eigenvalue weighted by Crippen LogP contribution is 2.23. The number of unbranched alkanes of at least 4 members (excludes halogenated alkanes) is 1. The number of nitrogens with zero attached hydrogens (tertiary/aromatic N) is 3. The van der Waals surface area contributed by atoms with Crippen LogP contribution in [0.3, 0.4) is 0 Å². The van der Waals surface area contributed by atoms with Crippen LogP contribution in [-0.4, -0.2) is 43.4 Å². The van der Waals surface area contributed by atoms with E-state index < -0.39 is 0 Å². The topological polar surface area (TPSA) is 47.3 Å². The van der Waals surface area contributed by atoms with Gasteiger partial charge < -0.3 is 14.6 Å². The number of hydrogen-bond acceptors (Lipinski definition) is 4. The summed E-state index contributed by atoms with van der Waals surface area (Å²) in [6.45, 7) is 16.4. The van der Waals surface area contributed by atoms with Crippen molar-refractivity contribution in [3.63, 3.8) is 0 Å². The van der Waals surface area contributed by atoms with E-state index >= 15 is 0 Å². The van der Waals surface area contributed by atoms with E-state index in [0.717, 1.165) is 19.0 Å². The predicted octanol–water partition coefficient (Wildman–Crippen LogP) is 6.30. The molecule has 0 radical (unpaired) electrons. The van der Waals surface area contributed by atoms with E-state index in [1.165, 1.54) is 75.5 Å². The zero-order valence-corrected chi connectivity index (χ0v) is 20.8. The quantitative estimate of drug-likeness (QED) is 0.517. The van der Waals surface area contributed by atoms with Crippen LogP contribution in [0.1, 0.15) is 83.3 Å². The maximum atomic E-state index is 10.2. The maximum Gasteiger partial charge on any atom is 0.129 e. The van der Waals surface area contributed by atoms with Crippen LogP contribution in [0.4, 0.5) is 5.69 Å². The van der Waals surface area contributed by atoms with Crippen LogP contribution in [-0.2, 0) is 4.79 Å². The molecule has 4 heteroatoms.